The molecule has 0 saturated carbocycles. The van der Waals surface area contributed by atoms with E-state index in [1.165, 1.54) is 19.3 Å². The Morgan fingerprint density at radius 1 is 0.771 bits per heavy atom. The highest BCUT2D eigenvalue weighted by atomic mass is 16.5. The lowest BCUT2D eigenvalue weighted by atomic mass is 10.1. The van der Waals surface area contributed by atoms with Crippen molar-refractivity contribution in [2.75, 3.05) is 32.2 Å². The molecule has 0 unspecified atom stereocenters. The van der Waals surface area contributed by atoms with Gasteiger partial charge in [-0.25, -0.2) is 9.97 Å². The molecule has 0 radical (unpaired) electrons. The van der Waals surface area contributed by atoms with Crippen LogP contribution in [-0.2, 0) is 0 Å². The van der Waals surface area contributed by atoms with Crippen LogP contribution in [0.1, 0.15) is 32.1 Å². The van der Waals surface area contributed by atoms with Crippen molar-refractivity contribution in [3.8, 4) is 28.6 Å². The molecule has 1 aliphatic rings. The molecule has 0 amide bonds. The molecule has 8 heteroatoms. The van der Waals surface area contributed by atoms with Crippen LogP contribution in [0, 0.1) is 13.8 Å². The number of piperidine rings is 1. The molecule has 0 atom stereocenters. The van der Waals surface area contributed by atoms with Crippen molar-refractivity contribution >= 4 is 5.95 Å². The number of benzene rings is 2. The van der Waals surface area contributed by atoms with Gasteiger partial charge in [-0.15, -0.1) is 10.2 Å². The SMILES string of the molecule is COc1cccc(OC)c1-n1c(C)nnc1-c1ccccc1.Cc1cnc(N2CCCCC2)nc1.[HH]. The molecule has 0 aliphatic carbocycles. The molecule has 2 aromatic carbocycles. The van der Waals surface area contributed by atoms with Gasteiger partial charge in [-0.1, -0.05) is 36.4 Å². The van der Waals surface area contributed by atoms with Gasteiger partial charge >= 0.3 is 0 Å². The number of hydrogen-bond acceptors (Lipinski definition) is 7. The van der Waals surface area contributed by atoms with E-state index in [0.717, 1.165) is 47.5 Å². The number of aromatic nitrogens is 5. The van der Waals surface area contributed by atoms with Gasteiger partial charge in [0.05, 0.1) is 14.2 Å². The van der Waals surface area contributed by atoms with Crippen LogP contribution in [0.25, 0.3) is 17.1 Å². The third kappa shape index (κ3) is 5.59. The normalized spacial score (nSPS) is 13.1. The predicted octanol–water partition coefficient (Wildman–Crippen LogP) is 5.28. The lowest BCUT2D eigenvalue weighted by Gasteiger charge is -2.26. The van der Waals surface area contributed by atoms with Crippen LogP contribution in [-0.4, -0.2) is 52.0 Å². The quantitative estimate of drug-likeness (QED) is 0.389. The lowest BCUT2D eigenvalue weighted by molar-refractivity contribution is 0.391. The first-order valence-corrected chi connectivity index (χ1v) is 11.8. The van der Waals surface area contributed by atoms with Gasteiger partial charge in [0.2, 0.25) is 5.95 Å². The predicted molar refractivity (Wildman–Crippen MR) is 140 cm³/mol. The molecule has 2 aromatic heterocycles. The zero-order chi connectivity index (χ0) is 24.6. The molecule has 0 spiro atoms. The van der Waals surface area contributed by atoms with Crippen LogP contribution in [0.15, 0.2) is 60.9 Å². The summed E-state index contributed by atoms with van der Waals surface area (Å²) in [6, 6.07) is 15.6. The van der Waals surface area contributed by atoms with Crippen molar-refractivity contribution in [1.29, 1.82) is 0 Å². The number of aryl methyl sites for hydroxylation is 2. The van der Waals surface area contributed by atoms with E-state index in [4.69, 9.17) is 9.47 Å². The number of nitrogens with zero attached hydrogens (tertiary/aromatic N) is 6. The van der Waals surface area contributed by atoms with Crippen molar-refractivity contribution in [1.82, 2.24) is 24.7 Å². The van der Waals surface area contributed by atoms with Crippen LogP contribution < -0.4 is 14.4 Å². The van der Waals surface area contributed by atoms with Crippen LogP contribution in [0.3, 0.4) is 0 Å². The fourth-order valence-electron chi connectivity index (χ4n) is 4.10. The van der Waals surface area contributed by atoms with Crippen LogP contribution in [0.5, 0.6) is 11.5 Å². The number of ether oxygens (including phenoxy) is 2. The molecular formula is C27H34N6O2. The summed E-state index contributed by atoms with van der Waals surface area (Å²) in [4.78, 5) is 10.9. The van der Waals surface area contributed by atoms with E-state index in [9.17, 15) is 0 Å². The Hall–Kier alpha value is -3.94. The van der Waals surface area contributed by atoms with Gasteiger partial charge in [0.25, 0.3) is 0 Å². The molecule has 5 rings (SSSR count). The molecule has 8 nitrogen and oxygen atoms in total. The molecular weight excluding hydrogens is 440 g/mol. The maximum Gasteiger partial charge on any atom is 0.225 e. The van der Waals surface area contributed by atoms with E-state index in [1.807, 2.05) is 79.3 Å². The largest absolute Gasteiger partial charge is 0.494 e. The summed E-state index contributed by atoms with van der Waals surface area (Å²) in [5.74, 6) is 3.83. The molecule has 4 aromatic rings. The third-order valence-electron chi connectivity index (χ3n) is 5.89. The van der Waals surface area contributed by atoms with E-state index >= 15 is 0 Å². The average Bonchev–Trinajstić information content (AvgIpc) is 3.30. The first-order valence-electron chi connectivity index (χ1n) is 11.8. The average molecular weight is 475 g/mol. The second kappa shape index (κ2) is 11.5. The van der Waals surface area contributed by atoms with Crippen molar-refractivity contribution < 1.29 is 10.9 Å². The summed E-state index contributed by atoms with van der Waals surface area (Å²) in [5, 5.41) is 8.54. The highest BCUT2D eigenvalue weighted by Crippen LogP contribution is 2.35. The number of anilines is 1. The number of methoxy groups -OCH3 is 2. The standard InChI is InChI=1S/C17H17N3O2.C10H15N3.H2/c1-12-18-19-17(13-8-5-4-6-9-13)20(12)16-14(21-2)10-7-11-15(16)22-3;1-9-7-11-10(12-8-9)13-5-3-2-4-6-13;/h4-11H,1-3H3;7-8H,2-6H2,1H3;1H. The highest BCUT2D eigenvalue weighted by molar-refractivity contribution is 5.65. The minimum atomic E-state index is 0. The molecule has 1 saturated heterocycles. The maximum absolute atomic E-state index is 5.50. The zero-order valence-corrected chi connectivity index (χ0v) is 20.8. The molecule has 3 heterocycles. The van der Waals surface area contributed by atoms with Crippen molar-refractivity contribution in [2.24, 2.45) is 0 Å². The summed E-state index contributed by atoms with van der Waals surface area (Å²) >= 11 is 0. The van der Waals surface area contributed by atoms with E-state index in [2.05, 4.69) is 25.1 Å². The second-order valence-corrected chi connectivity index (χ2v) is 8.39. The van der Waals surface area contributed by atoms with Crippen LogP contribution in [0.4, 0.5) is 5.95 Å². The van der Waals surface area contributed by atoms with E-state index in [1.54, 1.807) is 14.2 Å². The van der Waals surface area contributed by atoms with Gasteiger partial charge in [-0.2, -0.15) is 0 Å². The Kier molecular flexibility index (Phi) is 7.92. The van der Waals surface area contributed by atoms with Crippen molar-refractivity contribution in [2.45, 2.75) is 33.1 Å². The first-order chi connectivity index (χ1) is 17.1. The van der Waals surface area contributed by atoms with Crippen molar-refractivity contribution in [3.63, 3.8) is 0 Å². The molecule has 184 valence electrons. The van der Waals surface area contributed by atoms with Gasteiger partial charge in [0.15, 0.2) is 5.82 Å². The summed E-state index contributed by atoms with van der Waals surface area (Å²) in [5.41, 5.74) is 2.91. The molecule has 0 bridgehead atoms. The van der Waals surface area contributed by atoms with Crippen LogP contribution >= 0.6 is 0 Å². The smallest absolute Gasteiger partial charge is 0.225 e. The van der Waals surface area contributed by atoms with Gasteiger partial charge < -0.3 is 14.4 Å². The molecule has 1 fully saturated rings. The van der Waals surface area contributed by atoms with Crippen LogP contribution in [0.2, 0.25) is 0 Å². The fourth-order valence-corrected chi connectivity index (χ4v) is 4.10. The summed E-state index contributed by atoms with van der Waals surface area (Å²) in [7, 11) is 3.28. The van der Waals surface area contributed by atoms with Gasteiger partial charge in [-0.3, -0.25) is 4.57 Å². The summed E-state index contributed by atoms with van der Waals surface area (Å²) < 4.78 is 13.0. The Morgan fingerprint density at radius 3 is 2.00 bits per heavy atom. The maximum atomic E-state index is 5.50. The topological polar surface area (TPSA) is 78.2 Å². The van der Waals surface area contributed by atoms with Gasteiger partial charge in [0, 0.05) is 32.5 Å². The number of rotatable bonds is 5. The third-order valence-corrected chi connectivity index (χ3v) is 5.89. The van der Waals surface area contributed by atoms with Gasteiger partial charge in [0.1, 0.15) is 23.0 Å². The Labute approximate surface area is 208 Å². The number of hydrogen-bond donors (Lipinski definition) is 0. The Morgan fingerprint density at radius 2 is 1.40 bits per heavy atom. The Bertz CT molecular complexity index is 1200. The lowest BCUT2D eigenvalue weighted by Crippen LogP contribution is -2.30. The minimum Gasteiger partial charge on any atom is -0.494 e. The zero-order valence-electron chi connectivity index (χ0n) is 20.8. The minimum absolute atomic E-state index is 0. The molecule has 1 aliphatic heterocycles. The molecule has 35 heavy (non-hydrogen) atoms. The fraction of sp³-hybridized carbons (Fsp3) is 0.333. The van der Waals surface area contributed by atoms with Crippen molar-refractivity contribution in [3.05, 3.63) is 72.3 Å². The monoisotopic (exact) mass is 474 g/mol. The second-order valence-electron chi connectivity index (χ2n) is 8.39. The first kappa shape index (κ1) is 24.2. The molecule has 0 N–H and O–H groups in total. The Balaban J connectivity index is 0.000000221. The summed E-state index contributed by atoms with van der Waals surface area (Å²) in [6.07, 6.45) is 7.67. The van der Waals surface area contributed by atoms with E-state index < -0.39 is 0 Å². The van der Waals surface area contributed by atoms with E-state index in [0.29, 0.717) is 11.5 Å². The van der Waals surface area contributed by atoms with E-state index in [-0.39, 0.29) is 1.43 Å². The summed E-state index contributed by atoms with van der Waals surface area (Å²) in [6.45, 7) is 6.15. The van der Waals surface area contributed by atoms with Gasteiger partial charge in [-0.05, 0) is 50.8 Å². The number of para-hydroxylation sites is 1. The highest BCUT2D eigenvalue weighted by Gasteiger charge is 2.20.